The maximum absolute atomic E-state index is 13.3. The van der Waals surface area contributed by atoms with E-state index in [1.54, 1.807) is 31.5 Å². The van der Waals surface area contributed by atoms with Crippen LogP contribution in [0.4, 0.5) is 0 Å². The highest BCUT2D eigenvalue weighted by molar-refractivity contribution is 5.89. The van der Waals surface area contributed by atoms with Crippen LogP contribution in [0.1, 0.15) is 39.5 Å². The number of carbonyl (C=O) groups excluding carboxylic acids is 4. The van der Waals surface area contributed by atoms with Crippen LogP contribution in [0.2, 0.25) is 0 Å². The maximum atomic E-state index is 13.3. The number of esters is 4. The molecule has 0 amide bonds. The third kappa shape index (κ3) is 5.32. The quantitative estimate of drug-likeness (QED) is 0.407. The molecule has 1 aliphatic heterocycles. The lowest BCUT2D eigenvalue weighted by Gasteiger charge is -2.43. The molecule has 1 aromatic heterocycles. The molecular formula is C25H31NO9. The number of aromatic nitrogens is 1. The molecule has 10 nitrogen and oxygen atoms in total. The Kier molecular flexibility index (Phi) is 8.50. The highest BCUT2D eigenvalue weighted by Gasteiger charge is 2.58. The first kappa shape index (κ1) is 26.2. The standard InChI is InChI=1S/C25H31NO9/c1-6-31-22(28)18-19(23(29)32-7-2)21(26-13-12-16-14(4)10-9-11-17(16)26)35-25(34-15(5)27)20(18)24(30)33-8-3/h9-13,18-21,25H,6-8H2,1-5H3/t18-,19+,20-,21+,25-/m0/s1. The summed E-state index contributed by atoms with van der Waals surface area (Å²) in [6, 6.07) is 7.49. The van der Waals surface area contributed by atoms with Gasteiger partial charge in [0.25, 0.3) is 0 Å². The summed E-state index contributed by atoms with van der Waals surface area (Å²) < 4.78 is 28.9. The minimum absolute atomic E-state index is 0.00663. The lowest BCUT2D eigenvalue weighted by molar-refractivity contribution is -0.268. The van der Waals surface area contributed by atoms with Crippen LogP contribution in [0.25, 0.3) is 10.9 Å². The van der Waals surface area contributed by atoms with Crippen molar-refractivity contribution in [1.29, 1.82) is 0 Å². The minimum Gasteiger partial charge on any atom is -0.466 e. The molecule has 2 aromatic rings. The fourth-order valence-electron chi connectivity index (χ4n) is 4.47. The number of hydrogen-bond donors (Lipinski definition) is 0. The Labute approximate surface area is 203 Å². The molecule has 35 heavy (non-hydrogen) atoms. The normalized spacial score (nSPS) is 24.0. The third-order valence-electron chi connectivity index (χ3n) is 5.86. The van der Waals surface area contributed by atoms with Gasteiger partial charge in [-0.2, -0.15) is 0 Å². The number of aryl methyl sites for hydroxylation is 1. The zero-order chi connectivity index (χ0) is 25.7. The number of fused-ring (bicyclic) bond motifs is 1. The number of carbonyl (C=O) groups is 4. The van der Waals surface area contributed by atoms with Crippen LogP contribution in [0, 0.1) is 24.7 Å². The molecule has 10 heteroatoms. The van der Waals surface area contributed by atoms with Gasteiger partial charge in [-0.25, -0.2) is 0 Å². The Hall–Kier alpha value is -3.40. The Bertz CT molecular complexity index is 1090. The Morgan fingerprint density at radius 3 is 2.00 bits per heavy atom. The predicted octanol–water partition coefficient (Wildman–Crippen LogP) is 2.91. The average Bonchev–Trinajstić information content (AvgIpc) is 3.23. The number of nitrogens with zero attached hydrogens (tertiary/aromatic N) is 1. The van der Waals surface area contributed by atoms with Crippen molar-refractivity contribution in [3.05, 3.63) is 36.0 Å². The zero-order valence-corrected chi connectivity index (χ0v) is 20.5. The number of rotatable bonds is 8. The van der Waals surface area contributed by atoms with Crippen molar-refractivity contribution >= 4 is 34.8 Å². The molecule has 5 atom stereocenters. The fraction of sp³-hybridized carbons (Fsp3) is 0.520. The van der Waals surface area contributed by atoms with Gasteiger partial charge in [0.2, 0.25) is 6.29 Å². The van der Waals surface area contributed by atoms with Gasteiger partial charge in [-0.15, -0.1) is 0 Å². The summed E-state index contributed by atoms with van der Waals surface area (Å²) in [4.78, 5) is 51.5. The summed E-state index contributed by atoms with van der Waals surface area (Å²) in [6.45, 7) is 8.00. The van der Waals surface area contributed by atoms with Crippen molar-refractivity contribution in [1.82, 2.24) is 4.57 Å². The van der Waals surface area contributed by atoms with E-state index in [0.717, 1.165) is 23.4 Å². The molecule has 1 fully saturated rings. The lowest BCUT2D eigenvalue weighted by atomic mass is 9.77. The Morgan fingerprint density at radius 1 is 0.857 bits per heavy atom. The van der Waals surface area contributed by atoms with Crippen LogP contribution < -0.4 is 0 Å². The SMILES string of the molecule is CCOC(=O)[C@H]1[C@@H](C(=O)OCC)[C@H](n2ccc3c(C)cccc32)O[C@H](OC(C)=O)[C@@H]1C(=O)OCC. The van der Waals surface area contributed by atoms with Gasteiger partial charge in [-0.05, 0) is 45.4 Å². The van der Waals surface area contributed by atoms with E-state index < -0.39 is 54.1 Å². The van der Waals surface area contributed by atoms with Crippen molar-refractivity contribution in [3.8, 4) is 0 Å². The molecule has 0 aliphatic carbocycles. The van der Waals surface area contributed by atoms with Gasteiger partial charge in [0, 0.05) is 18.5 Å². The monoisotopic (exact) mass is 489 g/mol. The van der Waals surface area contributed by atoms with Gasteiger partial charge in [0.15, 0.2) is 6.23 Å². The van der Waals surface area contributed by atoms with Crippen molar-refractivity contribution in [2.45, 2.75) is 47.1 Å². The van der Waals surface area contributed by atoms with Crippen molar-refractivity contribution < 1.29 is 42.9 Å². The molecule has 0 N–H and O–H groups in total. The first-order valence-corrected chi connectivity index (χ1v) is 11.6. The van der Waals surface area contributed by atoms with Crippen molar-refractivity contribution in [2.75, 3.05) is 19.8 Å². The Balaban J connectivity index is 2.23. The van der Waals surface area contributed by atoms with Gasteiger partial charge in [-0.3, -0.25) is 19.2 Å². The van der Waals surface area contributed by atoms with E-state index in [4.69, 9.17) is 23.7 Å². The van der Waals surface area contributed by atoms with Crippen LogP contribution in [-0.2, 0) is 42.9 Å². The van der Waals surface area contributed by atoms with E-state index in [0.29, 0.717) is 0 Å². The van der Waals surface area contributed by atoms with Crippen LogP contribution in [0.15, 0.2) is 30.5 Å². The largest absolute Gasteiger partial charge is 0.466 e. The second-order valence-corrected chi connectivity index (χ2v) is 8.07. The summed E-state index contributed by atoms with van der Waals surface area (Å²) in [5.74, 6) is -7.26. The molecular weight excluding hydrogens is 458 g/mol. The minimum atomic E-state index is -1.50. The van der Waals surface area contributed by atoms with E-state index in [2.05, 4.69) is 0 Å². The molecule has 190 valence electrons. The first-order valence-electron chi connectivity index (χ1n) is 11.6. The van der Waals surface area contributed by atoms with Crippen LogP contribution in [0.3, 0.4) is 0 Å². The van der Waals surface area contributed by atoms with E-state index in [1.165, 1.54) is 0 Å². The van der Waals surface area contributed by atoms with E-state index in [9.17, 15) is 19.2 Å². The van der Waals surface area contributed by atoms with E-state index in [-0.39, 0.29) is 19.8 Å². The lowest BCUT2D eigenvalue weighted by Crippen LogP contribution is -2.56. The molecule has 1 saturated heterocycles. The topological polar surface area (TPSA) is 119 Å². The summed E-state index contributed by atoms with van der Waals surface area (Å²) >= 11 is 0. The number of hydrogen-bond acceptors (Lipinski definition) is 9. The molecule has 0 unspecified atom stereocenters. The molecule has 1 aromatic carbocycles. The molecule has 1 aliphatic rings. The van der Waals surface area contributed by atoms with E-state index >= 15 is 0 Å². The van der Waals surface area contributed by atoms with E-state index in [1.807, 2.05) is 31.2 Å². The molecule has 2 heterocycles. The molecule has 0 saturated carbocycles. The zero-order valence-electron chi connectivity index (χ0n) is 20.5. The van der Waals surface area contributed by atoms with Gasteiger partial charge >= 0.3 is 23.9 Å². The van der Waals surface area contributed by atoms with Gasteiger partial charge in [-0.1, -0.05) is 12.1 Å². The van der Waals surface area contributed by atoms with Gasteiger partial charge in [0.1, 0.15) is 11.8 Å². The number of benzene rings is 1. The van der Waals surface area contributed by atoms with Crippen molar-refractivity contribution in [2.24, 2.45) is 17.8 Å². The predicted molar refractivity (Wildman–Crippen MR) is 123 cm³/mol. The summed E-state index contributed by atoms with van der Waals surface area (Å²) in [5, 5.41) is 0.906. The summed E-state index contributed by atoms with van der Waals surface area (Å²) in [7, 11) is 0. The smallest absolute Gasteiger partial charge is 0.316 e. The van der Waals surface area contributed by atoms with Gasteiger partial charge in [0.05, 0.1) is 31.3 Å². The van der Waals surface area contributed by atoms with Crippen LogP contribution in [-0.4, -0.2) is 54.6 Å². The van der Waals surface area contributed by atoms with Gasteiger partial charge < -0.3 is 28.3 Å². The molecule has 0 bridgehead atoms. The van der Waals surface area contributed by atoms with Crippen molar-refractivity contribution in [3.63, 3.8) is 0 Å². The first-order chi connectivity index (χ1) is 16.7. The highest BCUT2D eigenvalue weighted by atomic mass is 16.7. The fourth-order valence-corrected chi connectivity index (χ4v) is 4.47. The number of ether oxygens (including phenoxy) is 5. The second kappa shape index (κ2) is 11.4. The maximum Gasteiger partial charge on any atom is 0.316 e. The summed E-state index contributed by atoms with van der Waals surface area (Å²) in [6.07, 6.45) is -0.927. The molecule has 0 spiro atoms. The van der Waals surface area contributed by atoms with Crippen LogP contribution >= 0.6 is 0 Å². The highest BCUT2D eigenvalue weighted by Crippen LogP contribution is 2.44. The average molecular weight is 490 g/mol. The molecule has 0 radical (unpaired) electrons. The third-order valence-corrected chi connectivity index (χ3v) is 5.86. The van der Waals surface area contributed by atoms with Crippen LogP contribution in [0.5, 0.6) is 0 Å². The summed E-state index contributed by atoms with van der Waals surface area (Å²) in [5.41, 5.74) is 1.72. The Morgan fingerprint density at radius 2 is 1.43 bits per heavy atom. The molecule has 3 rings (SSSR count). The second-order valence-electron chi connectivity index (χ2n) is 8.07.